The number of carbonyl (C=O) groups excluding carboxylic acids is 2. The van der Waals surface area contributed by atoms with Gasteiger partial charge in [-0.25, -0.2) is 8.78 Å². The van der Waals surface area contributed by atoms with Crippen molar-refractivity contribution in [3.05, 3.63) is 64.7 Å². The van der Waals surface area contributed by atoms with Crippen molar-refractivity contribution in [1.82, 2.24) is 0 Å². The second-order valence-corrected chi connectivity index (χ2v) is 5.93. The van der Waals surface area contributed by atoms with Gasteiger partial charge in [-0.05, 0) is 48.6 Å². The van der Waals surface area contributed by atoms with Crippen LogP contribution >= 0.6 is 0 Å². The van der Waals surface area contributed by atoms with Gasteiger partial charge in [-0.1, -0.05) is 12.1 Å². The summed E-state index contributed by atoms with van der Waals surface area (Å²) in [5.41, 5.74) is 3.01. The molecule has 0 saturated heterocycles. The quantitative estimate of drug-likeness (QED) is 0.841. The number of ketones is 1. The zero-order valence-corrected chi connectivity index (χ0v) is 13.1. The van der Waals surface area contributed by atoms with Crippen LogP contribution < -0.4 is 5.32 Å². The Morgan fingerprint density at radius 2 is 1.75 bits per heavy atom. The molecule has 0 atom stereocenters. The Balaban J connectivity index is 1.57. The maximum Gasteiger partial charge on any atom is 0.224 e. The summed E-state index contributed by atoms with van der Waals surface area (Å²) in [7, 11) is 0. The number of aryl methyl sites for hydroxylation is 2. The Labute approximate surface area is 138 Å². The van der Waals surface area contributed by atoms with E-state index in [0.29, 0.717) is 11.6 Å². The molecule has 1 amide bonds. The van der Waals surface area contributed by atoms with Crippen LogP contribution in [-0.2, 0) is 17.6 Å². The largest absolute Gasteiger partial charge is 0.324 e. The van der Waals surface area contributed by atoms with Gasteiger partial charge in [0.25, 0.3) is 0 Å². The van der Waals surface area contributed by atoms with Gasteiger partial charge in [-0.2, -0.15) is 0 Å². The molecule has 0 aliphatic heterocycles. The van der Waals surface area contributed by atoms with E-state index in [1.54, 1.807) is 6.07 Å². The minimum Gasteiger partial charge on any atom is -0.324 e. The smallest absolute Gasteiger partial charge is 0.224 e. The monoisotopic (exact) mass is 329 g/mol. The molecule has 0 fully saturated rings. The van der Waals surface area contributed by atoms with Crippen LogP contribution in [0.3, 0.4) is 0 Å². The van der Waals surface area contributed by atoms with E-state index in [1.807, 2.05) is 12.1 Å². The van der Waals surface area contributed by atoms with Crippen molar-refractivity contribution in [2.45, 2.75) is 32.1 Å². The highest BCUT2D eigenvalue weighted by molar-refractivity contribution is 6.00. The van der Waals surface area contributed by atoms with Crippen molar-refractivity contribution in [3.8, 4) is 0 Å². The zero-order chi connectivity index (χ0) is 17.1. The number of carbonyl (C=O) groups is 2. The van der Waals surface area contributed by atoms with E-state index in [0.717, 1.165) is 31.4 Å². The summed E-state index contributed by atoms with van der Waals surface area (Å²) in [5.74, 6) is -2.14. The van der Waals surface area contributed by atoms with E-state index >= 15 is 0 Å². The number of halogens is 2. The molecular weight excluding hydrogens is 312 g/mol. The summed E-state index contributed by atoms with van der Waals surface area (Å²) >= 11 is 0. The van der Waals surface area contributed by atoms with Crippen LogP contribution in [0.4, 0.5) is 14.5 Å². The van der Waals surface area contributed by atoms with E-state index < -0.39 is 17.5 Å². The Bertz CT molecular complexity index is 802. The summed E-state index contributed by atoms with van der Waals surface area (Å²) < 4.78 is 26.3. The number of rotatable bonds is 5. The molecule has 5 heteroatoms. The van der Waals surface area contributed by atoms with Gasteiger partial charge in [-0.3, -0.25) is 9.59 Å². The summed E-state index contributed by atoms with van der Waals surface area (Å²) in [5, 5.41) is 2.35. The molecule has 1 aliphatic carbocycles. The van der Waals surface area contributed by atoms with E-state index in [9.17, 15) is 18.4 Å². The number of Topliss-reactive ketones (excluding diaryl/α,β-unsaturated/α-hetero) is 1. The van der Waals surface area contributed by atoms with Gasteiger partial charge in [0.1, 0.15) is 11.6 Å². The second-order valence-electron chi connectivity index (χ2n) is 5.93. The highest BCUT2D eigenvalue weighted by Gasteiger charge is 2.15. The van der Waals surface area contributed by atoms with Gasteiger partial charge < -0.3 is 5.32 Å². The average molecular weight is 329 g/mol. The molecule has 3 nitrogen and oxygen atoms in total. The lowest BCUT2D eigenvalue weighted by atomic mass is 10.0. The molecule has 2 aromatic carbocycles. The molecule has 0 saturated carbocycles. The maximum atomic E-state index is 13.5. The molecule has 24 heavy (non-hydrogen) atoms. The molecule has 0 heterocycles. The molecule has 0 bridgehead atoms. The van der Waals surface area contributed by atoms with Crippen molar-refractivity contribution in [1.29, 1.82) is 0 Å². The van der Waals surface area contributed by atoms with Crippen molar-refractivity contribution in [2.24, 2.45) is 0 Å². The molecule has 3 rings (SSSR count). The minimum absolute atomic E-state index is 0.0489. The Morgan fingerprint density at radius 3 is 2.54 bits per heavy atom. The van der Waals surface area contributed by atoms with E-state index in [4.69, 9.17) is 0 Å². The molecule has 1 N–H and O–H groups in total. The highest BCUT2D eigenvalue weighted by Crippen LogP contribution is 2.23. The number of nitrogens with one attached hydrogen (secondary N) is 1. The Kier molecular flexibility index (Phi) is 4.69. The number of hydrogen-bond acceptors (Lipinski definition) is 2. The topological polar surface area (TPSA) is 46.2 Å². The SMILES string of the molecule is O=C(CCC(=O)c1ccc2c(c1)CCC2)Nc1ccc(F)cc1F. The third kappa shape index (κ3) is 3.67. The van der Waals surface area contributed by atoms with Crippen molar-refractivity contribution >= 4 is 17.4 Å². The average Bonchev–Trinajstić information content (AvgIpc) is 3.03. The molecular formula is C19H17F2NO2. The third-order valence-corrected chi connectivity index (χ3v) is 4.20. The fourth-order valence-electron chi connectivity index (χ4n) is 2.92. The predicted molar refractivity (Wildman–Crippen MR) is 87.0 cm³/mol. The van der Waals surface area contributed by atoms with Crippen LogP contribution in [0.1, 0.15) is 40.7 Å². The van der Waals surface area contributed by atoms with Crippen LogP contribution in [-0.4, -0.2) is 11.7 Å². The number of hydrogen-bond donors (Lipinski definition) is 1. The van der Waals surface area contributed by atoms with Gasteiger partial charge in [0.05, 0.1) is 5.69 Å². The lowest BCUT2D eigenvalue weighted by Gasteiger charge is -2.07. The molecule has 0 aromatic heterocycles. The first-order valence-corrected chi connectivity index (χ1v) is 7.93. The van der Waals surface area contributed by atoms with Crippen molar-refractivity contribution < 1.29 is 18.4 Å². The Morgan fingerprint density at radius 1 is 0.958 bits per heavy atom. The molecule has 0 unspecified atom stereocenters. The molecule has 0 radical (unpaired) electrons. The van der Waals surface area contributed by atoms with Gasteiger partial charge in [0.2, 0.25) is 5.91 Å². The standard InChI is InChI=1S/C19H17F2NO2/c20-15-6-7-17(16(21)11-15)22-19(24)9-8-18(23)14-5-4-12-2-1-3-13(12)10-14/h4-7,10-11H,1-3,8-9H2,(H,22,24). The Hall–Kier alpha value is -2.56. The molecule has 124 valence electrons. The fraction of sp³-hybridized carbons (Fsp3) is 0.263. The number of benzene rings is 2. The lowest BCUT2D eigenvalue weighted by Crippen LogP contribution is -2.14. The van der Waals surface area contributed by atoms with Crippen LogP contribution in [0.15, 0.2) is 36.4 Å². The van der Waals surface area contributed by atoms with E-state index in [2.05, 4.69) is 5.32 Å². The van der Waals surface area contributed by atoms with Gasteiger partial charge in [0.15, 0.2) is 5.78 Å². The number of anilines is 1. The first-order chi connectivity index (χ1) is 11.5. The van der Waals surface area contributed by atoms with Gasteiger partial charge >= 0.3 is 0 Å². The van der Waals surface area contributed by atoms with Crippen LogP contribution in [0, 0.1) is 11.6 Å². The summed E-state index contributed by atoms with van der Waals surface area (Å²) in [6, 6.07) is 8.60. The zero-order valence-electron chi connectivity index (χ0n) is 13.1. The van der Waals surface area contributed by atoms with Gasteiger partial charge in [0, 0.05) is 24.5 Å². The van der Waals surface area contributed by atoms with Crippen LogP contribution in [0.2, 0.25) is 0 Å². The molecule has 2 aromatic rings. The molecule has 0 spiro atoms. The normalized spacial score (nSPS) is 12.8. The lowest BCUT2D eigenvalue weighted by molar-refractivity contribution is -0.116. The predicted octanol–water partition coefficient (Wildman–Crippen LogP) is 4.06. The van der Waals surface area contributed by atoms with Crippen molar-refractivity contribution in [2.75, 3.05) is 5.32 Å². The fourth-order valence-corrected chi connectivity index (χ4v) is 2.92. The number of fused-ring (bicyclic) bond motifs is 1. The maximum absolute atomic E-state index is 13.5. The highest BCUT2D eigenvalue weighted by atomic mass is 19.1. The van der Waals surface area contributed by atoms with Crippen LogP contribution in [0.25, 0.3) is 0 Å². The minimum atomic E-state index is -0.840. The first kappa shape index (κ1) is 16.3. The number of amides is 1. The van der Waals surface area contributed by atoms with Crippen LogP contribution in [0.5, 0.6) is 0 Å². The first-order valence-electron chi connectivity index (χ1n) is 7.93. The van der Waals surface area contributed by atoms with E-state index in [-0.39, 0.29) is 24.3 Å². The summed E-state index contributed by atoms with van der Waals surface area (Å²) in [4.78, 5) is 24.1. The van der Waals surface area contributed by atoms with E-state index in [1.165, 1.54) is 11.1 Å². The summed E-state index contributed by atoms with van der Waals surface area (Å²) in [6.07, 6.45) is 3.15. The summed E-state index contributed by atoms with van der Waals surface area (Å²) in [6.45, 7) is 0. The third-order valence-electron chi connectivity index (χ3n) is 4.20. The van der Waals surface area contributed by atoms with Crippen molar-refractivity contribution in [3.63, 3.8) is 0 Å². The van der Waals surface area contributed by atoms with Gasteiger partial charge in [-0.15, -0.1) is 0 Å². The molecule has 1 aliphatic rings. The second kappa shape index (κ2) is 6.91.